The number of hydrogen-bond donors (Lipinski definition) is 2. The third-order valence-electron chi connectivity index (χ3n) is 3.77. The van der Waals surface area contributed by atoms with Crippen LogP contribution < -0.4 is 34.8 Å². The van der Waals surface area contributed by atoms with E-state index in [0.29, 0.717) is 16.7 Å². The van der Waals surface area contributed by atoms with Gasteiger partial charge in [0, 0.05) is 0 Å². The Morgan fingerprint density at radius 2 is 1.34 bits per heavy atom. The molecule has 0 saturated heterocycles. The van der Waals surface area contributed by atoms with E-state index in [1.54, 1.807) is 36.4 Å². The highest BCUT2D eigenvalue weighted by atomic mass is 127. The minimum atomic E-state index is -0.378. The molecule has 0 bridgehead atoms. The molecule has 10 heteroatoms. The molecule has 0 aliphatic carbocycles. The van der Waals surface area contributed by atoms with Gasteiger partial charge in [-0.15, -0.1) is 0 Å². The molecule has 6 nitrogen and oxygen atoms in total. The second kappa shape index (κ2) is 13.1. The highest BCUT2D eigenvalue weighted by molar-refractivity contribution is 5.83. The minimum Gasteiger partial charge on any atom is -1.00 e. The number of benzene rings is 3. The number of halogens is 4. The number of guanidine groups is 1. The lowest BCUT2D eigenvalue weighted by molar-refractivity contribution is -0.549. The van der Waals surface area contributed by atoms with Crippen LogP contribution in [0.1, 0.15) is 16.7 Å². The van der Waals surface area contributed by atoms with E-state index in [-0.39, 0.29) is 47.4 Å². The molecular weight excluding hydrogens is 532 g/mol. The molecule has 0 heterocycles. The lowest BCUT2D eigenvalue weighted by atomic mass is 10.2. The Labute approximate surface area is 199 Å². The van der Waals surface area contributed by atoms with Gasteiger partial charge in [0.15, 0.2) is 0 Å². The van der Waals surface area contributed by atoms with Gasteiger partial charge < -0.3 is 24.0 Å². The smallest absolute Gasteiger partial charge is 0.365 e. The summed E-state index contributed by atoms with van der Waals surface area (Å²) in [6.45, 7) is 0. The lowest BCUT2D eigenvalue weighted by Crippen LogP contribution is -3.00. The topological polar surface area (TPSA) is 78.1 Å². The predicted molar refractivity (Wildman–Crippen MR) is 114 cm³/mol. The number of quaternary nitrogens is 1. The summed E-state index contributed by atoms with van der Waals surface area (Å²) >= 11 is 0. The number of nitrogens with zero attached hydrogens (tertiary/aromatic N) is 4. The molecule has 0 aliphatic heterocycles. The summed E-state index contributed by atoms with van der Waals surface area (Å²) in [6, 6.07) is 17.4. The van der Waals surface area contributed by atoms with Gasteiger partial charge >= 0.3 is 5.96 Å². The molecule has 0 unspecified atom stereocenters. The zero-order valence-corrected chi connectivity index (χ0v) is 18.7. The summed E-state index contributed by atoms with van der Waals surface area (Å²) in [7, 11) is 0. The fraction of sp³-hybridized carbons (Fsp3) is 0. The van der Waals surface area contributed by atoms with E-state index in [4.69, 9.17) is 0 Å². The molecule has 0 fully saturated rings. The highest BCUT2D eigenvalue weighted by Gasteiger charge is 2.01. The summed E-state index contributed by atoms with van der Waals surface area (Å²) in [4.78, 5) is 0. The zero-order valence-electron chi connectivity index (χ0n) is 16.5. The third-order valence-corrected chi connectivity index (χ3v) is 3.77. The molecule has 0 aliphatic rings. The first-order valence-electron chi connectivity index (χ1n) is 9.12. The Hall–Kier alpha value is -3.38. The van der Waals surface area contributed by atoms with Crippen LogP contribution in [0.2, 0.25) is 0 Å². The summed E-state index contributed by atoms with van der Waals surface area (Å²) in [5.41, 5.74) is 5.94. The predicted octanol–water partition coefficient (Wildman–Crippen LogP) is 0.0190. The maximum atomic E-state index is 13.3. The molecule has 0 atom stereocenters. The van der Waals surface area contributed by atoms with Crippen LogP contribution in [-0.2, 0) is 0 Å². The van der Waals surface area contributed by atoms with Crippen molar-refractivity contribution in [2.24, 2.45) is 20.4 Å². The molecule has 3 rings (SSSR count). The van der Waals surface area contributed by atoms with Crippen LogP contribution in [0.15, 0.2) is 93.2 Å². The molecule has 3 N–H and O–H groups in total. The van der Waals surface area contributed by atoms with E-state index in [0.717, 1.165) is 0 Å². The lowest BCUT2D eigenvalue weighted by Gasteiger charge is -1.98. The van der Waals surface area contributed by atoms with E-state index in [2.05, 4.69) is 25.8 Å². The molecular formula is C22H18F3IN6. The van der Waals surface area contributed by atoms with Crippen molar-refractivity contribution in [3.05, 3.63) is 107 Å². The van der Waals surface area contributed by atoms with Crippen molar-refractivity contribution >= 4 is 24.6 Å². The van der Waals surface area contributed by atoms with Gasteiger partial charge in [-0.05, 0) is 53.1 Å². The highest BCUT2D eigenvalue weighted by Crippen LogP contribution is 2.01. The van der Waals surface area contributed by atoms with Crippen molar-refractivity contribution in [3.8, 4) is 0 Å². The van der Waals surface area contributed by atoms with Crippen LogP contribution in [0.3, 0.4) is 0 Å². The first-order chi connectivity index (χ1) is 15.1. The van der Waals surface area contributed by atoms with Crippen LogP contribution in [0, 0.1) is 17.5 Å². The van der Waals surface area contributed by atoms with Crippen LogP contribution in [0.25, 0.3) is 0 Å². The van der Waals surface area contributed by atoms with Crippen molar-refractivity contribution in [3.63, 3.8) is 0 Å². The second-order valence-electron chi connectivity index (χ2n) is 6.17. The van der Waals surface area contributed by atoms with Gasteiger partial charge in [-0.1, -0.05) is 46.6 Å². The summed E-state index contributed by atoms with van der Waals surface area (Å²) in [5.74, 6) is -0.883. The van der Waals surface area contributed by atoms with Gasteiger partial charge in [0.25, 0.3) is 0 Å². The Balaban J connectivity index is 0.00000363. The van der Waals surface area contributed by atoms with Crippen molar-refractivity contribution < 1.29 is 42.6 Å². The first kappa shape index (κ1) is 24.9. The first-order valence-corrected chi connectivity index (χ1v) is 9.12. The Kier molecular flexibility index (Phi) is 10.2. The summed E-state index contributed by atoms with van der Waals surface area (Å²) in [6.07, 6.45) is 4.37. The number of nitrogens with one attached hydrogen (secondary N) is 1. The third kappa shape index (κ3) is 8.78. The number of nitrogens with two attached hydrogens (primary N) is 1. The zero-order chi connectivity index (χ0) is 21.9. The molecule has 164 valence electrons. The molecule has 0 saturated carbocycles. The van der Waals surface area contributed by atoms with E-state index in [9.17, 15) is 13.2 Å². The van der Waals surface area contributed by atoms with E-state index < -0.39 is 0 Å². The largest absolute Gasteiger partial charge is 1.00 e. The van der Waals surface area contributed by atoms with E-state index in [1.165, 1.54) is 60.5 Å². The quantitative estimate of drug-likeness (QED) is 0.147. The number of rotatable bonds is 6. The maximum absolute atomic E-state index is 13.3. The number of hydrazone groups is 1. The summed E-state index contributed by atoms with van der Waals surface area (Å²) in [5, 5.41) is 16.1. The van der Waals surface area contributed by atoms with E-state index in [1.807, 2.05) is 0 Å². The van der Waals surface area contributed by atoms with Crippen LogP contribution in [-0.4, -0.2) is 24.6 Å². The van der Waals surface area contributed by atoms with Gasteiger partial charge in [0.1, 0.15) is 17.5 Å². The van der Waals surface area contributed by atoms with Crippen molar-refractivity contribution in [1.82, 2.24) is 5.43 Å². The number of hydrogen-bond acceptors (Lipinski definition) is 4. The molecule has 3 aromatic carbocycles. The molecule has 0 spiro atoms. The standard InChI is InChI=1S/C22H17F3N6.HI/c23-19-8-4-16(5-9-19)13-26-29-22(30-27-14-17-6-10-20(24)11-7-17)31-28-15-18-2-1-3-21(25)12-18;/h1-15H,(H2,29,30,31);1H. The molecule has 0 radical (unpaired) electrons. The molecule has 3 aromatic rings. The second-order valence-corrected chi connectivity index (χ2v) is 6.17. The Morgan fingerprint density at radius 1 is 0.719 bits per heavy atom. The van der Waals surface area contributed by atoms with Crippen LogP contribution >= 0.6 is 0 Å². The van der Waals surface area contributed by atoms with Gasteiger partial charge in [-0.25, -0.2) is 18.6 Å². The van der Waals surface area contributed by atoms with Gasteiger partial charge in [0.2, 0.25) is 0 Å². The van der Waals surface area contributed by atoms with Crippen molar-refractivity contribution in [2.75, 3.05) is 0 Å². The van der Waals surface area contributed by atoms with Gasteiger partial charge in [-0.2, -0.15) is 15.6 Å². The SMILES string of the molecule is Fc1ccc(C=NN=C(NN=Cc2cccc(F)c2)[NH2+]N=Cc2ccc(F)cc2)cc1.[I-]. The van der Waals surface area contributed by atoms with Crippen molar-refractivity contribution in [1.29, 1.82) is 0 Å². The molecule has 0 amide bonds. The van der Waals surface area contributed by atoms with Gasteiger partial charge in [-0.3, -0.25) is 0 Å². The average molecular weight is 550 g/mol. The maximum Gasteiger partial charge on any atom is 0.365 e. The normalized spacial score (nSPS) is 11.9. The monoisotopic (exact) mass is 550 g/mol. The fourth-order valence-electron chi connectivity index (χ4n) is 2.29. The minimum absolute atomic E-state index is 0. The molecule has 32 heavy (non-hydrogen) atoms. The Bertz CT molecular complexity index is 1110. The fourth-order valence-corrected chi connectivity index (χ4v) is 2.29. The summed E-state index contributed by atoms with van der Waals surface area (Å²) < 4.78 is 39.2. The average Bonchev–Trinajstić information content (AvgIpc) is 2.76. The Morgan fingerprint density at radius 3 is 1.97 bits per heavy atom. The van der Waals surface area contributed by atoms with Crippen molar-refractivity contribution in [2.45, 2.75) is 0 Å². The van der Waals surface area contributed by atoms with Gasteiger partial charge in [0.05, 0.1) is 18.6 Å². The molecule has 0 aromatic heterocycles. The van der Waals surface area contributed by atoms with E-state index >= 15 is 0 Å². The van der Waals surface area contributed by atoms with Crippen LogP contribution in [0.5, 0.6) is 0 Å². The van der Waals surface area contributed by atoms with Crippen LogP contribution in [0.4, 0.5) is 13.2 Å².